The molecule has 1 atom stereocenters. The van der Waals surface area contributed by atoms with Gasteiger partial charge in [-0.2, -0.15) is 0 Å². The van der Waals surface area contributed by atoms with E-state index in [0.717, 1.165) is 39.4 Å². The first-order valence-electron chi connectivity index (χ1n) is 25.7. The highest BCUT2D eigenvalue weighted by Crippen LogP contribution is 2.57. The zero-order valence-electron chi connectivity index (χ0n) is 41.0. The summed E-state index contributed by atoms with van der Waals surface area (Å²) in [6.07, 6.45) is 0. The number of nitrogens with zero attached hydrogens (tertiary/aromatic N) is 2. The predicted molar refractivity (Wildman–Crippen MR) is 312 cm³/mol. The first-order chi connectivity index (χ1) is 36.6. The first-order valence-corrected chi connectivity index (χ1v) is 25.7. The average molecular weight is 943 g/mol. The fourth-order valence-electron chi connectivity index (χ4n) is 12.4. The molecule has 1 heterocycles. The molecule has 1 unspecified atom stereocenters. The molecule has 0 amide bonds. The molecule has 2 heteroatoms. The Labute approximate surface area is 432 Å². The zero-order chi connectivity index (χ0) is 49.2. The van der Waals surface area contributed by atoms with Gasteiger partial charge in [-0.05, 0) is 127 Å². The van der Waals surface area contributed by atoms with Gasteiger partial charge in [-0.3, -0.25) is 0 Å². The van der Waals surface area contributed by atoms with Gasteiger partial charge < -0.3 is 9.47 Å². The quantitative estimate of drug-likeness (QED) is 0.140. The molecule has 12 aromatic carbocycles. The molecular weight excluding hydrogens is 893 g/mol. The first kappa shape index (κ1) is 43.3. The summed E-state index contributed by atoms with van der Waals surface area (Å²) in [5.41, 5.74) is 22.5. The maximum atomic E-state index is 2.51. The molecule has 14 rings (SSSR count). The second-order valence-electron chi connectivity index (χ2n) is 19.6. The summed E-state index contributed by atoms with van der Waals surface area (Å²) < 4.78 is 2.40. The number of aromatic nitrogens is 1. The van der Waals surface area contributed by atoms with E-state index in [1.54, 1.807) is 0 Å². The molecule has 1 aliphatic rings. The number of para-hydroxylation sites is 4. The standard InChI is InChI=1S/C72H50N2/c1-72(52-27-7-3-8-28-52)63-39-15-11-33-61(63)70-60(38-21-40-64(70)72)58-32-13-17-42-66(58)73(65-41-16-12-31-57(65)59-37-20-26-51-25-19-35-55(69(51)59)49-23-5-2-6-24-49)54-47-45-50(46-48-54)56-36-22-44-68-71(56)62-34-14-18-43-67(62)74(68)53-29-9-4-10-30-53/h2-48H,1H3. The van der Waals surface area contributed by atoms with E-state index in [4.69, 9.17) is 0 Å². The highest BCUT2D eigenvalue weighted by Gasteiger charge is 2.42. The lowest BCUT2D eigenvalue weighted by Crippen LogP contribution is -2.22. The van der Waals surface area contributed by atoms with Crippen LogP contribution in [-0.4, -0.2) is 4.57 Å². The van der Waals surface area contributed by atoms with Crippen LogP contribution in [0.4, 0.5) is 17.1 Å². The Morgan fingerprint density at radius 1 is 0.324 bits per heavy atom. The monoisotopic (exact) mass is 942 g/mol. The van der Waals surface area contributed by atoms with Crippen molar-refractivity contribution in [2.45, 2.75) is 12.3 Å². The molecule has 0 bridgehead atoms. The van der Waals surface area contributed by atoms with E-state index in [1.807, 2.05) is 0 Å². The van der Waals surface area contributed by atoms with Crippen LogP contribution in [-0.2, 0) is 5.41 Å². The summed E-state index contributed by atoms with van der Waals surface area (Å²) in [5.74, 6) is 0. The molecule has 1 aliphatic carbocycles. The topological polar surface area (TPSA) is 8.17 Å². The van der Waals surface area contributed by atoms with Gasteiger partial charge in [0, 0.05) is 38.7 Å². The third kappa shape index (κ3) is 6.80. The predicted octanol–water partition coefficient (Wildman–Crippen LogP) is 19.4. The van der Waals surface area contributed by atoms with Gasteiger partial charge in [-0.25, -0.2) is 0 Å². The van der Waals surface area contributed by atoms with Crippen molar-refractivity contribution >= 4 is 49.6 Å². The van der Waals surface area contributed by atoms with Crippen LogP contribution in [0.3, 0.4) is 0 Å². The van der Waals surface area contributed by atoms with Gasteiger partial charge in [0.2, 0.25) is 0 Å². The third-order valence-electron chi connectivity index (χ3n) is 15.7. The summed E-state index contributed by atoms with van der Waals surface area (Å²) in [4.78, 5) is 2.51. The number of benzene rings is 12. The average Bonchev–Trinajstić information content (AvgIpc) is 4.01. The van der Waals surface area contributed by atoms with E-state index >= 15 is 0 Å². The zero-order valence-corrected chi connectivity index (χ0v) is 41.0. The summed E-state index contributed by atoms with van der Waals surface area (Å²) in [5, 5.41) is 4.93. The van der Waals surface area contributed by atoms with Gasteiger partial charge in [-0.1, -0.05) is 237 Å². The minimum absolute atomic E-state index is 0.332. The highest BCUT2D eigenvalue weighted by atomic mass is 15.1. The van der Waals surface area contributed by atoms with Gasteiger partial charge in [-0.15, -0.1) is 0 Å². The van der Waals surface area contributed by atoms with E-state index in [2.05, 4.69) is 302 Å². The normalized spacial score (nSPS) is 13.8. The molecule has 13 aromatic rings. The lowest BCUT2D eigenvalue weighted by Gasteiger charge is -2.31. The van der Waals surface area contributed by atoms with Crippen molar-refractivity contribution < 1.29 is 0 Å². The Kier molecular flexibility index (Phi) is 10.3. The van der Waals surface area contributed by atoms with E-state index < -0.39 is 0 Å². The van der Waals surface area contributed by atoms with Crippen LogP contribution in [0.5, 0.6) is 0 Å². The molecule has 0 aliphatic heterocycles. The largest absolute Gasteiger partial charge is 0.309 e. The van der Waals surface area contributed by atoms with Crippen LogP contribution < -0.4 is 4.90 Å². The van der Waals surface area contributed by atoms with Crippen LogP contribution in [0.25, 0.3) is 93.9 Å². The molecule has 0 fully saturated rings. The molecule has 0 N–H and O–H groups in total. The van der Waals surface area contributed by atoms with Crippen LogP contribution in [0, 0.1) is 0 Å². The molecule has 1 aromatic heterocycles. The van der Waals surface area contributed by atoms with Crippen molar-refractivity contribution in [3.8, 4) is 61.3 Å². The SMILES string of the molecule is CC1(c2ccccc2)c2ccccc2-c2c(-c3ccccc3N(c3ccc(-c4cccc5c4c4ccccc4n5-c4ccccc4)cc3)c3ccccc3-c3cccc4cccc(-c5ccccc5)c34)cccc21. The van der Waals surface area contributed by atoms with Crippen LogP contribution in [0.2, 0.25) is 0 Å². The number of hydrogen-bond donors (Lipinski definition) is 0. The van der Waals surface area contributed by atoms with Crippen LogP contribution in [0.15, 0.2) is 285 Å². The molecule has 0 spiro atoms. The van der Waals surface area contributed by atoms with Gasteiger partial charge in [0.25, 0.3) is 0 Å². The van der Waals surface area contributed by atoms with E-state index in [0.29, 0.717) is 0 Å². The molecule has 74 heavy (non-hydrogen) atoms. The molecule has 2 nitrogen and oxygen atoms in total. The highest BCUT2D eigenvalue weighted by molar-refractivity contribution is 6.16. The number of hydrogen-bond acceptors (Lipinski definition) is 1. The lowest BCUT2D eigenvalue weighted by atomic mass is 9.74. The second-order valence-corrected chi connectivity index (χ2v) is 19.6. The maximum absolute atomic E-state index is 2.51. The van der Waals surface area contributed by atoms with Crippen molar-refractivity contribution in [3.63, 3.8) is 0 Å². The third-order valence-corrected chi connectivity index (χ3v) is 15.7. The Bertz CT molecular complexity index is 4240. The molecule has 348 valence electrons. The second kappa shape index (κ2) is 17.7. The fraction of sp³-hybridized carbons (Fsp3) is 0.0278. The Morgan fingerprint density at radius 3 is 1.54 bits per heavy atom. The van der Waals surface area contributed by atoms with Gasteiger partial charge in [0.05, 0.1) is 22.4 Å². The number of rotatable bonds is 9. The van der Waals surface area contributed by atoms with Crippen molar-refractivity contribution in [3.05, 3.63) is 302 Å². The molecule has 0 radical (unpaired) electrons. The summed E-state index contributed by atoms with van der Waals surface area (Å²) in [7, 11) is 0. The number of fused-ring (bicyclic) bond motifs is 7. The van der Waals surface area contributed by atoms with E-state index in [9.17, 15) is 0 Å². The van der Waals surface area contributed by atoms with Crippen molar-refractivity contribution in [1.82, 2.24) is 4.57 Å². The molecule has 0 saturated carbocycles. The Balaban J connectivity index is 1.00. The van der Waals surface area contributed by atoms with Crippen molar-refractivity contribution in [1.29, 1.82) is 0 Å². The summed E-state index contributed by atoms with van der Waals surface area (Å²) >= 11 is 0. The smallest absolute Gasteiger partial charge is 0.0547 e. The van der Waals surface area contributed by atoms with Crippen molar-refractivity contribution in [2.75, 3.05) is 4.90 Å². The number of anilines is 3. The van der Waals surface area contributed by atoms with Crippen molar-refractivity contribution in [2.24, 2.45) is 0 Å². The van der Waals surface area contributed by atoms with Gasteiger partial charge in [0.1, 0.15) is 0 Å². The Morgan fingerprint density at radius 2 is 0.811 bits per heavy atom. The lowest BCUT2D eigenvalue weighted by molar-refractivity contribution is 0.714. The van der Waals surface area contributed by atoms with Crippen LogP contribution >= 0.6 is 0 Å². The van der Waals surface area contributed by atoms with Gasteiger partial charge >= 0.3 is 0 Å². The minimum atomic E-state index is -0.332. The van der Waals surface area contributed by atoms with E-state index in [-0.39, 0.29) is 5.41 Å². The summed E-state index contributed by atoms with van der Waals surface area (Å²) in [6, 6.07) is 105. The molecular formula is C72H50N2. The maximum Gasteiger partial charge on any atom is 0.0547 e. The minimum Gasteiger partial charge on any atom is -0.309 e. The van der Waals surface area contributed by atoms with Crippen LogP contribution in [0.1, 0.15) is 23.6 Å². The Hall–Kier alpha value is -9.50. The van der Waals surface area contributed by atoms with E-state index in [1.165, 1.54) is 88.2 Å². The fourth-order valence-corrected chi connectivity index (χ4v) is 12.4. The summed E-state index contributed by atoms with van der Waals surface area (Å²) in [6.45, 7) is 2.40. The van der Waals surface area contributed by atoms with Gasteiger partial charge in [0.15, 0.2) is 0 Å². The molecule has 0 saturated heterocycles.